The van der Waals surface area contributed by atoms with E-state index in [1.807, 2.05) is 24.3 Å². The van der Waals surface area contributed by atoms with Gasteiger partial charge in [-0.15, -0.1) is 12.6 Å². The standard InChI is InChI=1S/C13H14OS/c15-13-8-4-7-12(9-13)14-10-11-5-2-1-3-6-11/h1-3,5-6,8-9,15H,4,7,10H2. The highest BCUT2D eigenvalue weighted by molar-refractivity contribution is 7.84. The topological polar surface area (TPSA) is 9.23 Å². The van der Waals surface area contributed by atoms with Crippen LogP contribution in [0.5, 0.6) is 0 Å². The van der Waals surface area contributed by atoms with Gasteiger partial charge < -0.3 is 4.74 Å². The lowest BCUT2D eigenvalue weighted by atomic mass is 10.1. The molecule has 1 aromatic rings. The van der Waals surface area contributed by atoms with Crippen LogP contribution in [0, 0.1) is 0 Å². The van der Waals surface area contributed by atoms with Crippen molar-refractivity contribution in [2.75, 3.05) is 0 Å². The smallest absolute Gasteiger partial charge is 0.113 e. The van der Waals surface area contributed by atoms with Gasteiger partial charge in [-0.2, -0.15) is 0 Å². The van der Waals surface area contributed by atoms with Crippen LogP contribution in [0.25, 0.3) is 0 Å². The van der Waals surface area contributed by atoms with E-state index in [0.717, 1.165) is 23.5 Å². The molecule has 2 heteroatoms. The minimum Gasteiger partial charge on any atom is -0.493 e. The number of thiol groups is 1. The average molecular weight is 218 g/mol. The van der Waals surface area contributed by atoms with E-state index in [0.29, 0.717) is 6.61 Å². The van der Waals surface area contributed by atoms with E-state index in [2.05, 4.69) is 30.8 Å². The first kappa shape index (κ1) is 10.4. The van der Waals surface area contributed by atoms with Gasteiger partial charge in [-0.3, -0.25) is 0 Å². The van der Waals surface area contributed by atoms with Gasteiger partial charge in [-0.05, 0) is 18.1 Å². The zero-order chi connectivity index (χ0) is 10.5. The van der Waals surface area contributed by atoms with Gasteiger partial charge in [0, 0.05) is 11.3 Å². The molecule has 0 radical (unpaired) electrons. The number of hydrogen-bond donors (Lipinski definition) is 1. The number of rotatable bonds is 3. The minimum absolute atomic E-state index is 0.647. The Bertz CT molecular complexity index is 379. The predicted octanol–water partition coefficient (Wildman–Crippen LogP) is 3.69. The molecular formula is C13H14OS. The van der Waals surface area contributed by atoms with Gasteiger partial charge in [0.1, 0.15) is 6.61 Å². The third kappa shape index (κ3) is 3.17. The molecule has 0 bridgehead atoms. The van der Waals surface area contributed by atoms with Crippen molar-refractivity contribution < 1.29 is 4.74 Å². The molecule has 1 aromatic carbocycles. The van der Waals surface area contributed by atoms with Gasteiger partial charge in [-0.1, -0.05) is 36.4 Å². The Morgan fingerprint density at radius 1 is 1.20 bits per heavy atom. The third-order valence-corrected chi connectivity index (χ3v) is 2.63. The molecule has 0 aliphatic heterocycles. The molecule has 15 heavy (non-hydrogen) atoms. The summed E-state index contributed by atoms with van der Waals surface area (Å²) in [7, 11) is 0. The van der Waals surface area contributed by atoms with E-state index in [1.165, 1.54) is 5.56 Å². The Kier molecular flexibility index (Phi) is 3.51. The van der Waals surface area contributed by atoms with Crippen molar-refractivity contribution in [3.05, 3.63) is 58.7 Å². The summed E-state index contributed by atoms with van der Waals surface area (Å²) in [4.78, 5) is 1.00. The summed E-state index contributed by atoms with van der Waals surface area (Å²) in [6, 6.07) is 10.2. The zero-order valence-corrected chi connectivity index (χ0v) is 9.41. The van der Waals surface area contributed by atoms with Crippen LogP contribution in [-0.4, -0.2) is 0 Å². The van der Waals surface area contributed by atoms with E-state index < -0.39 is 0 Å². The Hall–Kier alpha value is -1.15. The molecule has 1 aliphatic carbocycles. The molecule has 0 fully saturated rings. The normalized spacial score (nSPS) is 15.5. The number of allylic oxidation sites excluding steroid dienone is 3. The first-order valence-corrected chi connectivity index (χ1v) is 5.56. The minimum atomic E-state index is 0.647. The highest BCUT2D eigenvalue weighted by Gasteiger charge is 2.04. The van der Waals surface area contributed by atoms with Crippen LogP contribution in [0.1, 0.15) is 18.4 Å². The Morgan fingerprint density at radius 3 is 2.73 bits per heavy atom. The molecule has 0 spiro atoms. The van der Waals surface area contributed by atoms with Gasteiger partial charge in [0.2, 0.25) is 0 Å². The van der Waals surface area contributed by atoms with Crippen molar-refractivity contribution in [1.82, 2.24) is 0 Å². The fourth-order valence-electron chi connectivity index (χ4n) is 1.52. The maximum Gasteiger partial charge on any atom is 0.113 e. The van der Waals surface area contributed by atoms with E-state index in [1.54, 1.807) is 0 Å². The first-order valence-electron chi connectivity index (χ1n) is 5.11. The molecule has 0 amide bonds. The van der Waals surface area contributed by atoms with E-state index in [4.69, 9.17) is 4.74 Å². The van der Waals surface area contributed by atoms with Crippen LogP contribution < -0.4 is 0 Å². The molecule has 0 saturated carbocycles. The molecular weight excluding hydrogens is 204 g/mol. The summed E-state index contributed by atoms with van der Waals surface area (Å²) >= 11 is 4.31. The molecule has 0 unspecified atom stereocenters. The van der Waals surface area contributed by atoms with Crippen LogP contribution in [0.2, 0.25) is 0 Å². The van der Waals surface area contributed by atoms with E-state index >= 15 is 0 Å². The quantitative estimate of drug-likeness (QED) is 0.761. The van der Waals surface area contributed by atoms with Crippen molar-refractivity contribution in [3.8, 4) is 0 Å². The summed E-state index contributed by atoms with van der Waals surface area (Å²) < 4.78 is 5.71. The van der Waals surface area contributed by atoms with Gasteiger partial charge in [0.25, 0.3) is 0 Å². The summed E-state index contributed by atoms with van der Waals surface area (Å²) in [6.07, 6.45) is 6.12. The summed E-state index contributed by atoms with van der Waals surface area (Å²) in [5.74, 6) is 1.03. The summed E-state index contributed by atoms with van der Waals surface area (Å²) in [5, 5.41) is 0. The molecule has 0 atom stereocenters. The maximum atomic E-state index is 5.71. The average Bonchev–Trinajstić information content (AvgIpc) is 2.28. The molecule has 78 valence electrons. The second-order valence-corrected chi connectivity index (χ2v) is 4.07. The lowest BCUT2D eigenvalue weighted by Gasteiger charge is -2.13. The van der Waals surface area contributed by atoms with Gasteiger partial charge >= 0.3 is 0 Å². The number of benzene rings is 1. The van der Waals surface area contributed by atoms with Gasteiger partial charge in [-0.25, -0.2) is 0 Å². The fourth-order valence-corrected chi connectivity index (χ4v) is 1.80. The van der Waals surface area contributed by atoms with Crippen LogP contribution in [-0.2, 0) is 11.3 Å². The Balaban J connectivity index is 1.91. The van der Waals surface area contributed by atoms with Crippen molar-refractivity contribution in [2.24, 2.45) is 0 Å². The highest BCUT2D eigenvalue weighted by atomic mass is 32.1. The molecule has 2 rings (SSSR count). The van der Waals surface area contributed by atoms with Gasteiger partial charge in [0.05, 0.1) is 5.76 Å². The molecule has 1 aliphatic rings. The lowest BCUT2D eigenvalue weighted by molar-refractivity contribution is 0.188. The highest BCUT2D eigenvalue weighted by Crippen LogP contribution is 2.21. The van der Waals surface area contributed by atoms with Crippen molar-refractivity contribution in [1.29, 1.82) is 0 Å². The Morgan fingerprint density at radius 2 is 2.00 bits per heavy atom. The molecule has 0 N–H and O–H groups in total. The van der Waals surface area contributed by atoms with Crippen LogP contribution >= 0.6 is 12.6 Å². The van der Waals surface area contributed by atoms with Crippen LogP contribution in [0.4, 0.5) is 0 Å². The maximum absolute atomic E-state index is 5.71. The number of ether oxygens (including phenoxy) is 1. The van der Waals surface area contributed by atoms with Crippen LogP contribution in [0.3, 0.4) is 0 Å². The monoisotopic (exact) mass is 218 g/mol. The van der Waals surface area contributed by atoms with Crippen molar-refractivity contribution >= 4 is 12.6 Å². The van der Waals surface area contributed by atoms with Crippen LogP contribution in [0.15, 0.2) is 53.1 Å². The van der Waals surface area contributed by atoms with Crippen molar-refractivity contribution in [2.45, 2.75) is 19.4 Å². The molecule has 0 aromatic heterocycles. The first-order chi connectivity index (χ1) is 7.34. The number of hydrogen-bond acceptors (Lipinski definition) is 2. The molecule has 0 heterocycles. The third-order valence-electron chi connectivity index (χ3n) is 2.32. The second kappa shape index (κ2) is 5.08. The Labute approximate surface area is 95.9 Å². The predicted molar refractivity (Wildman–Crippen MR) is 65.6 cm³/mol. The zero-order valence-electron chi connectivity index (χ0n) is 8.52. The molecule has 1 nitrogen and oxygen atoms in total. The van der Waals surface area contributed by atoms with E-state index in [9.17, 15) is 0 Å². The van der Waals surface area contributed by atoms with Crippen molar-refractivity contribution in [3.63, 3.8) is 0 Å². The summed E-state index contributed by atoms with van der Waals surface area (Å²) in [5.41, 5.74) is 1.20. The second-order valence-electron chi connectivity index (χ2n) is 3.55. The fraction of sp³-hybridized carbons (Fsp3) is 0.231. The molecule has 0 saturated heterocycles. The SMILES string of the molecule is SC1=CCCC(OCc2ccccc2)=C1. The van der Waals surface area contributed by atoms with E-state index in [-0.39, 0.29) is 0 Å². The van der Waals surface area contributed by atoms with Gasteiger partial charge in [0.15, 0.2) is 0 Å². The summed E-state index contributed by atoms with van der Waals surface area (Å²) in [6.45, 7) is 0.647. The largest absolute Gasteiger partial charge is 0.493 e. The lowest BCUT2D eigenvalue weighted by Crippen LogP contribution is -1.96.